The van der Waals surface area contributed by atoms with Crippen LogP contribution in [0.5, 0.6) is 0 Å². The van der Waals surface area contributed by atoms with E-state index in [1.54, 1.807) is 0 Å². The average Bonchev–Trinajstić information content (AvgIpc) is 3.07. The number of carbonyl (C=O) groups is 1. The first-order valence-corrected chi connectivity index (χ1v) is 9.86. The third-order valence-electron chi connectivity index (χ3n) is 5.11. The molecule has 0 radical (unpaired) electrons. The van der Waals surface area contributed by atoms with Crippen LogP contribution in [-0.4, -0.2) is 21.8 Å². The van der Waals surface area contributed by atoms with Gasteiger partial charge in [0.2, 0.25) is 5.91 Å². The summed E-state index contributed by atoms with van der Waals surface area (Å²) in [6.07, 6.45) is 7.73. The fourth-order valence-corrected chi connectivity index (χ4v) is 3.57. The van der Waals surface area contributed by atoms with Gasteiger partial charge in [0.1, 0.15) is 5.65 Å². The topological polar surface area (TPSA) is 46.4 Å². The zero-order valence-corrected chi connectivity index (χ0v) is 16.5. The molecule has 1 amide bonds. The summed E-state index contributed by atoms with van der Waals surface area (Å²) in [5.41, 5.74) is 5.54. The van der Waals surface area contributed by atoms with Crippen molar-refractivity contribution in [3.63, 3.8) is 0 Å². The van der Waals surface area contributed by atoms with Crippen LogP contribution in [0.3, 0.4) is 0 Å². The summed E-state index contributed by atoms with van der Waals surface area (Å²) in [5, 5.41) is 3.09. The Balaban J connectivity index is 1.90. The molecule has 4 heteroatoms. The van der Waals surface area contributed by atoms with Gasteiger partial charge >= 0.3 is 0 Å². The number of fused-ring (bicyclic) bond motifs is 1. The molecule has 0 bridgehead atoms. The summed E-state index contributed by atoms with van der Waals surface area (Å²) in [4.78, 5) is 17.2. The van der Waals surface area contributed by atoms with Gasteiger partial charge in [-0.1, -0.05) is 44.0 Å². The molecule has 4 nitrogen and oxygen atoms in total. The van der Waals surface area contributed by atoms with Crippen LogP contribution in [0.25, 0.3) is 5.65 Å². The van der Waals surface area contributed by atoms with E-state index in [2.05, 4.69) is 65.9 Å². The molecule has 0 fully saturated rings. The van der Waals surface area contributed by atoms with Crippen molar-refractivity contribution in [2.45, 2.75) is 52.4 Å². The third kappa shape index (κ3) is 4.57. The molecular weight excluding hydrogens is 334 g/mol. The predicted octanol–water partition coefficient (Wildman–Crippen LogP) is 4.78. The Morgan fingerprint density at radius 1 is 1.19 bits per heavy atom. The Morgan fingerprint density at radius 3 is 2.78 bits per heavy atom. The number of benzene rings is 1. The van der Waals surface area contributed by atoms with Gasteiger partial charge in [-0.2, -0.15) is 0 Å². The standard InChI is InChI=1S/C23H29N3O/c1-4-5-8-12-24-23(27)15-20(19-10-7-6-9-18(19)3)21-16-25-22-14-17(2)11-13-26(21)22/h6-7,9-11,13-14,16,20H,4-5,8,12,15H2,1-3H3,(H,24,27). The lowest BCUT2D eigenvalue weighted by Gasteiger charge is -2.19. The Morgan fingerprint density at radius 2 is 2.00 bits per heavy atom. The van der Waals surface area contributed by atoms with Crippen LogP contribution >= 0.6 is 0 Å². The highest BCUT2D eigenvalue weighted by Crippen LogP contribution is 2.31. The number of nitrogens with one attached hydrogen (secondary N) is 1. The molecule has 2 heterocycles. The first kappa shape index (κ1) is 19.2. The van der Waals surface area contributed by atoms with Gasteiger partial charge in [0.15, 0.2) is 0 Å². The minimum Gasteiger partial charge on any atom is -0.356 e. The second-order valence-electron chi connectivity index (χ2n) is 7.29. The normalized spacial score (nSPS) is 12.3. The first-order valence-electron chi connectivity index (χ1n) is 9.86. The first-order chi connectivity index (χ1) is 13.1. The Hall–Kier alpha value is -2.62. The fourth-order valence-electron chi connectivity index (χ4n) is 3.57. The van der Waals surface area contributed by atoms with Crippen molar-refractivity contribution in [1.82, 2.24) is 14.7 Å². The van der Waals surface area contributed by atoms with E-state index in [4.69, 9.17) is 0 Å². The van der Waals surface area contributed by atoms with Crippen molar-refractivity contribution in [1.29, 1.82) is 0 Å². The molecule has 3 aromatic rings. The summed E-state index contributed by atoms with van der Waals surface area (Å²) < 4.78 is 2.11. The van der Waals surface area contributed by atoms with Crippen molar-refractivity contribution in [2.24, 2.45) is 0 Å². The molecule has 0 aliphatic carbocycles. The van der Waals surface area contributed by atoms with Crippen LogP contribution < -0.4 is 5.32 Å². The number of aryl methyl sites for hydroxylation is 2. The molecule has 1 atom stereocenters. The second kappa shape index (κ2) is 8.85. The van der Waals surface area contributed by atoms with Gasteiger partial charge in [0.25, 0.3) is 0 Å². The van der Waals surface area contributed by atoms with Crippen LogP contribution in [0.2, 0.25) is 0 Å². The van der Waals surface area contributed by atoms with E-state index in [9.17, 15) is 4.79 Å². The second-order valence-corrected chi connectivity index (χ2v) is 7.29. The van der Waals surface area contributed by atoms with Gasteiger partial charge in [-0.15, -0.1) is 0 Å². The van der Waals surface area contributed by atoms with Gasteiger partial charge in [-0.05, 0) is 49.1 Å². The maximum atomic E-state index is 12.6. The highest BCUT2D eigenvalue weighted by molar-refractivity contribution is 5.77. The number of nitrogens with zero attached hydrogens (tertiary/aromatic N) is 2. The van der Waals surface area contributed by atoms with Crippen LogP contribution in [0.15, 0.2) is 48.8 Å². The Kier molecular flexibility index (Phi) is 6.28. The number of imidazole rings is 1. The molecule has 1 unspecified atom stereocenters. The summed E-state index contributed by atoms with van der Waals surface area (Å²) in [7, 11) is 0. The largest absolute Gasteiger partial charge is 0.356 e. The summed E-state index contributed by atoms with van der Waals surface area (Å²) >= 11 is 0. The van der Waals surface area contributed by atoms with Gasteiger partial charge in [0.05, 0.1) is 5.69 Å². The summed E-state index contributed by atoms with van der Waals surface area (Å²) in [6.45, 7) is 7.09. The maximum absolute atomic E-state index is 12.6. The molecule has 0 saturated heterocycles. The lowest BCUT2D eigenvalue weighted by molar-refractivity contribution is -0.121. The van der Waals surface area contributed by atoms with Crippen LogP contribution in [0.1, 0.15) is 60.9 Å². The summed E-state index contributed by atoms with van der Waals surface area (Å²) in [6, 6.07) is 12.5. The van der Waals surface area contributed by atoms with E-state index in [1.807, 2.05) is 18.3 Å². The molecule has 0 aliphatic rings. The average molecular weight is 364 g/mol. The molecule has 0 spiro atoms. The predicted molar refractivity (Wildman–Crippen MR) is 110 cm³/mol. The van der Waals surface area contributed by atoms with Crippen molar-refractivity contribution >= 4 is 11.6 Å². The number of hydrogen-bond donors (Lipinski definition) is 1. The van der Waals surface area contributed by atoms with Crippen molar-refractivity contribution in [3.8, 4) is 0 Å². The number of amides is 1. The Labute approximate surface area is 161 Å². The molecule has 1 aromatic carbocycles. The maximum Gasteiger partial charge on any atom is 0.221 e. The van der Waals surface area contributed by atoms with Gasteiger partial charge in [0, 0.05) is 31.3 Å². The molecule has 2 aromatic heterocycles. The number of pyridine rings is 1. The Bertz CT molecular complexity index is 913. The highest BCUT2D eigenvalue weighted by atomic mass is 16.1. The van der Waals surface area contributed by atoms with E-state index in [1.165, 1.54) is 16.7 Å². The minimum absolute atomic E-state index is 0.0184. The quantitative estimate of drug-likeness (QED) is 0.586. The van der Waals surface area contributed by atoms with Crippen LogP contribution in [0, 0.1) is 13.8 Å². The van der Waals surface area contributed by atoms with E-state index in [0.29, 0.717) is 6.42 Å². The smallest absolute Gasteiger partial charge is 0.221 e. The van der Waals surface area contributed by atoms with E-state index >= 15 is 0 Å². The number of hydrogen-bond acceptors (Lipinski definition) is 2. The van der Waals surface area contributed by atoms with E-state index < -0.39 is 0 Å². The fraction of sp³-hybridized carbons (Fsp3) is 0.391. The SMILES string of the molecule is CCCCCNC(=O)CC(c1ccccc1C)c1cnc2cc(C)ccn12. The van der Waals surface area contributed by atoms with Gasteiger partial charge in [-0.25, -0.2) is 4.98 Å². The number of rotatable bonds is 8. The van der Waals surface area contributed by atoms with Crippen molar-refractivity contribution in [2.75, 3.05) is 6.54 Å². The third-order valence-corrected chi connectivity index (χ3v) is 5.11. The molecule has 1 N–H and O–H groups in total. The molecule has 0 aliphatic heterocycles. The molecule has 3 rings (SSSR count). The molecular formula is C23H29N3O. The lowest BCUT2D eigenvalue weighted by atomic mass is 9.89. The number of carbonyl (C=O) groups excluding carboxylic acids is 1. The van der Waals surface area contributed by atoms with Crippen molar-refractivity contribution in [3.05, 3.63) is 71.2 Å². The lowest BCUT2D eigenvalue weighted by Crippen LogP contribution is -2.26. The van der Waals surface area contributed by atoms with Crippen LogP contribution in [0.4, 0.5) is 0 Å². The van der Waals surface area contributed by atoms with E-state index in [0.717, 1.165) is 37.1 Å². The van der Waals surface area contributed by atoms with Gasteiger partial charge in [-0.3, -0.25) is 4.79 Å². The monoisotopic (exact) mass is 363 g/mol. The summed E-state index contributed by atoms with van der Waals surface area (Å²) in [5.74, 6) is 0.0801. The molecule has 27 heavy (non-hydrogen) atoms. The highest BCUT2D eigenvalue weighted by Gasteiger charge is 2.23. The molecule has 0 saturated carbocycles. The zero-order chi connectivity index (χ0) is 19.2. The number of aromatic nitrogens is 2. The number of unbranched alkanes of at least 4 members (excludes halogenated alkanes) is 2. The van der Waals surface area contributed by atoms with E-state index in [-0.39, 0.29) is 11.8 Å². The van der Waals surface area contributed by atoms with Crippen molar-refractivity contribution < 1.29 is 4.79 Å². The minimum atomic E-state index is -0.0184. The zero-order valence-electron chi connectivity index (χ0n) is 16.5. The van der Waals surface area contributed by atoms with Crippen LogP contribution in [-0.2, 0) is 4.79 Å². The van der Waals surface area contributed by atoms with Gasteiger partial charge < -0.3 is 9.72 Å². The molecule has 142 valence electrons.